The van der Waals surface area contributed by atoms with E-state index in [1.807, 2.05) is 32.0 Å². The van der Waals surface area contributed by atoms with Gasteiger partial charge >= 0.3 is 5.97 Å². The van der Waals surface area contributed by atoms with Gasteiger partial charge in [0.05, 0.1) is 23.6 Å². The molecule has 1 aromatic carbocycles. The molecule has 0 spiro atoms. The minimum Gasteiger partial charge on any atom is -0.463 e. The molecule has 3 rings (SSSR count). The molecular weight excluding hydrogens is 358 g/mol. The summed E-state index contributed by atoms with van der Waals surface area (Å²) in [6.45, 7) is 7.27. The molecule has 0 amide bonds. The molecule has 1 aliphatic heterocycles. The summed E-state index contributed by atoms with van der Waals surface area (Å²) in [5, 5.41) is 10.4. The van der Waals surface area contributed by atoms with Gasteiger partial charge in [-0.15, -0.1) is 0 Å². The number of carbonyl (C=O) groups excluding carboxylic acids is 1. The second kappa shape index (κ2) is 7.24. The molecule has 2 heterocycles. The molecular formula is C21H21N3O4. The first kappa shape index (κ1) is 19.2. The summed E-state index contributed by atoms with van der Waals surface area (Å²) in [7, 11) is 0. The normalized spacial score (nSPS) is 16.8. The number of carbonyl (C=O) groups is 1. The number of allylic oxidation sites excluding steroid dienone is 2. The van der Waals surface area contributed by atoms with Crippen LogP contribution in [0.3, 0.4) is 0 Å². The predicted octanol–water partition coefficient (Wildman–Crippen LogP) is 2.79. The lowest BCUT2D eigenvalue weighted by atomic mass is 9.83. The quantitative estimate of drug-likeness (QED) is 0.792. The number of pyridine rings is 1. The van der Waals surface area contributed by atoms with E-state index >= 15 is 0 Å². The number of nitrogens with two attached hydrogens (primary N) is 1. The van der Waals surface area contributed by atoms with Gasteiger partial charge in [0.25, 0.3) is 5.56 Å². The number of aromatic amines is 1. The van der Waals surface area contributed by atoms with Crippen LogP contribution in [0.25, 0.3) is 10.9 Å². The van der Waals surface area contributed by atoms with E-state index in [1.54, 1.807) is 19.9 Å². The van der Waals surface area contributed by atoms with Crippen LogP contribution in [-0.2, 0) is 14.3 Å². The first-order chi connectivity index (χ1) is 13.3. The molecule has 0 aliphatic carbocycles. The van der Waals surface area contributed by atoms with Crippen LogP contribution >= 0.6 is 0 Å². The van der Waals surface area contributed by atoms with Gasteiger partial charge < -0.3 is 20.2 Å². The van der Waals surface area contributed by atoms with Crippen LogP contribution < -0.4 is 11.3 Å². The maximum Gasteiger partial charge on any atom is 0.338 e. The van der Waals surface area contributed by atoms with E-state index in [0.29, 0.717) is 0 Å². The third-order valence-corrected chi connectivity index (χ3v) is 4.99. The number of nitriles is 1. The summed E-state index contributed by atoms with van der Waals surface area (Å²) in [4.78, 5) is 28.4. The number of benzene rings is 1. The van der Waals surface area contributed by atoms with E-state index in [4.69, 9.17) is 15.2 Å². The van der Waals surface area contributed by atoms with Crippen molar-refractivity contribution in [1.82, 2.24) is 4.98 Å². The van der Waals surface area contributed by atoms with Crippen molar-refractivity contribution in [3.05, 3.63) is 68.0 Å². The minimum atomic E-state index is -0.965. The van der Waals surface area contributed by atoms with Gasteiger partial charge in [-0.3, -0.25) is 4.79 Å². The van der Waals surface area contributed by atoms with Crippen molar-refractivity contribution in [2.75, 3.05) is 6.61 Å². The lowest BCUT2D eigenvalue weighted by Crippen LogP contribution is -2.29. The SMILES string of the molecule is CCOC(=O)C1=C(C)OC(N)=C(C#N)[C@H]1c1cc2ccc(C)c(C)c2[nH]c1=O. The highest BCUT2D eigenvalue weighted by molar-refractivity contribution is 5.93. The van der Waals surface area contributed by atoms with Crippen molar-refractivity contribution in [2.45, 2.75) is 33.6 Å². The Labute approximate surface area is 162 Å². The van der Waals surface area contributed by atoms with Crippen molar-refractivity contribution in [3.8, 4) is 6.07 Å². The van der Waals surface area contributed by atoms with E-state index in [2.05, 4.69) is 4.98 Å². The number of esters is 1. The van der Waals surface area contributed by atoms with Gasteiger partial charge in [-0.2, -0.15) is 5.26 Å². The van der Waals surface area contributed by atoms with Crippen LogP contribution in [0.4, 0.5) is 0 Å². The topological polar surface area (TPSA) is 118 Å². The zero-order chi connectivity index (χ0) is 20.6. The van der Waals surface area contributed by atoms with E-state index in [-0.39, 0.29) is 35.0 Å². The van der Waals surface area contributed by atoms with Crippen LogP contribution in [0.1, 0.15) is 36.5 Å². The molecule has 2 aromatic rings. The first-order valence-electron chi connectivity index (χ1n) is 8.88. The standard InChI is InChI=1S/C21H21N3O4/c1-5-27-21(26)16-12(4)28-19(23)15(9-22)17(16)14-8-13-7-6-10(2)11(3)18(13)24-20(14)25/h6-8,17H,5,23H2,1-4H3,(H,24,25)/t17-/m1/s1. The smallest absolute Gasteiger partial charge is 0.338 e. The van der Waals surface area contributed by atoms with Gasteiger partial charge in [-0.05, 0) is 50.3 Å². The molecule has 28 heavy (non-hydrogen) atoms. The highest BCUT2D eigenvalue weighted by Crippen LogP contribution is 2.39. The molecule has 144 valence electrons. The Morgan fingerprint density at radius 2 is 2.07 bits per heavy atom. The molecule has 1 aliphatic rings. The van der Waals surface area contributed by atoms with E-state index in [0.717, 1.165) is 22.0 Å². The number of ether oxygens (including phenoxy) is 2. The number of aromatic nitrogens is 1. The molecule has 0 radical (unpaired) electrons. The molecule has 3 N–H and O–H groups in total. The van der Waals surface area contributed by atoms with E-state index in [1.165, 1.54) is 0 Å². The maximum absolute atomic E-state index is 13.0. The number of aryl methyl sites for hydroxylation is 2. The van der Waals surface area contributed by atoms with Crippen LogP contribution in [0.2, 0.25) is 0 Å². The Balaban J connectivity index is 2.31. The third-order valence-electron chi connectivity index (χ3n) is 4.99. The highest BCUT2D eigenvalue weighted by atomic mass is 16.5. The molecule has 7 nitrogen and oxygen atoms in total. The fraction of sp³-hybridized carbons (Fsp3) is 0.286. The van der Waals surface area contributed by atoms with Gasteiger partial charge in [0.15, 0.2) is 0 Å². The molecule has 0 fully saturated rings. The Morgan fingerprint density at radius 1 is 1.36 bits per heavy atom. The van der Waals surface area contributed by atoms with Crippen LogP contribution in [0.15, 0.2) is 45.8 Å². The predicted molar refractivity (Wildman–Crippen MR) is 104 cm³/mol. The number of hydrogen-bond donors (Lipinski definition) is 2. The Hall–Kier alpha value is -3.53. The zero-order valence-corrected chi connectivity index (χ0v) is 16.2. The molecule has 1 atom stereocenters. The summed E-state index contributed by atoms with van der Waals surface area (Å²) in [6, 6.07) is 7.50. The van der Waals surface area contributed by atoms with Crippen molar-refractivity contribution >= 4 is 16.9 Å². The second-order valence-electron chi connectivity index (χ2n) is 6.64. The van der Waals surface area contributed by atoms with Crippen molar-refractivity contribution < 1.29 is 14.3 Å². The number of fused-ring (bicyclic) bond motifs is 1. The summed E-state index contributed by atoms with van der Waals surface area (Å²) in [5.41, 5.74) is 8.55. The monoisotopic (exact) mass is 379 g/mol. The number of nitrogens with zero attached hydrogens (tertiary/aromatic N) is 1. The number of rotatable bonds is 3. The average molecular weight is 379 g/mol. The Kier molecular flexibility index (Phi) is 4.97. The molecule has 0 bridgehead atoms. The zero-order valence-electron chi connectivity index (χ0n) is 16.2. The van der Waals surface area contributed by atoms with Gasteiger partial charge in [0.1, 0.15) is 17.4 Å². The second-order valence-corrected chi connectivity index (χ2v) is 6.64. The summed E-state index contributed by atoms with van der Waals surface area (Å²) in [6.07, 6.45) is 0. The number of hydrogen-bond acceptors (Lipinski definition) is 6. The van der Waals surface area contributed by atoms with E-state index < -0.39 is 17.4 Å². The lowest BCUT2D eigenvalue weighted by molar-refractivity contribution is -0.139. The molecule has 1 aromatic heterocycles. The maximum atomic E-state index is 13.0. The van der Waals surface area contributed by atoms with Gasteiger partial charge in [0.2, 0.25) is 5.88 Å². The van der Waals surface area contributed by atoms with Crippen LogP contribution in [0, 0.1) is 25.2 Å². The molecule has 0 unspecified atom stereocenters. The average Bonchev–Trinajstić information content (AvgIpc) is 2.64. The van der Waals surface area contributed by atoms with Gasteiger partial charge in [0, 0.05) is 5.56 Å². The fourth-order valence-electron chi connectivity index (χ4n) is 3.42. The summed E-state index contributed by atoms with van der Waals surface area (Å²) < 4.78 is 10.5. The van der Waals surface area contributed by atoms with Crippen LogP contribution in [0.5, 0.6) is 0 Å². The Morgan fingerprint density at radius 3 is 2.71 bits per heavy atom. The first-order valence-corrected chi connectivity index (χ1v) is 8.88. The molecule has 0 saturated carbocycles. The summed E-state index contributed by atoms with van der Waals surface area (Å²) >= 11 is 0. The third kappa shape index (κ3) is 3.03. The van der Waals surface area contributed by atoms with Crippen molar-refractivity contribution in [2.24, 2.45) is 5.73 Å². The van der Waals surface area contributed by atoms with Crippen molar-refractivity contribution in [3.63, 3.8) is 0 Å². The van der Waals surface area contributed by atoms with Crippen LogP contribution in [-0.4, -0.2) is 17.6 Å². The fourth-order valence-corrected chi connectivity index (χ4v) is 3.42. The largest absolute Gasteiger partial charge is 0.463 e. The molecule has 0 saturated heterocycles. The minimum absolute atomic E-state index is 0.00216. The molecule has 7 heteroatoms. The van der Waals surface area contributed by atoms with Gasteiger partial charge in [-0.1, -0.05) is 12.1 Å². The van der Waals surface area contributed by atoms with Gasteiger partial charge in [-0.25, -0.2) is 4.79 Å². The lowest BCUT2D eigenvalue weighted by Gasteiger charge is -2.26. The highest BCUT2D eigenvalue weighted by Gasteiger charge is 2.37. The summed E-state index contributed by atoms with van der Waals surface area (Å²) in [5.74, 6) is -1.53. The van der Waals surface area contributed by atoms with Crippen molar-refractivity contribution in [1.29, 1.82) is 5.26 Å². The number of H-pyrrole nitrogens is 1. The van der Waals surface area contributed by atoms with E-state index in [9.17, 15) is 14.9 Å². The number of nitrogens with one attached hydrogen (secondary N) is 1. The Bertz CT molecular complexity index is 1150.